The fourth-order valence-electron chi connectivity index (χ4n) is 2.97. The molecule has 1 amide bonds. The third-order valence-electron chi connectivity index (χ3n) is 4.60. The molecule has 1 heterocycles. The quantitative estimate of drug-likeness (QED) is 0.440. The van der Waals surface area contributed by atoms with Crippen molar-refractivity contribution in [3.05, 3.63) is 64.5 Å². The first-order valence-corrected chi connectivity index (χ1v) is 10.6. The second kappa shape index (κ2) is 9.21. The molecule has 0 fully saturated rings. The number of anilines is 1. The Kier molecular flexibility index (Phi) is 6.66. The van der Waals surface area contributed by atoms with Gasteiger partial charge in [-0.15, -0.1) is 10.2 Å². The lowest BCUT2D eigenvalue weighted by Crippen LogP contribution is -2.24. The highest BCUT2D eigenvalue weighted by atomic mass is 32.2. The molecule has 0 aliphatic rings. The van der Waals surface area contributed by atoms with Crippen LogP contribution in [0.4, 0.5) is 5.69 Å². The minimum Gasteiger partial charge on any atom is -0.486 e. The normalized spacial score (nSPS) is 11.9. The molecular formula is C22H27N5O2S. The third-order valence-corrected chi connectivity index (χ3v) is 5.66. The molecule has 1 atom stereocenters. The number of benzene rings is 2. The van der Waals surface area contributed by atoms with E-state index in [0.717, 1.165) is 33.7 Å². The first-order chi connectivity index (χ1) is 14.2. The first kappa shape index (κ1) is 21.7. The van der Waals surface area contributed by atoms with Crippen molar-refractivity contribution in [1.29, 1.82) is 0 Å². The van der Waals surface area contributed by atoms with E-state index < -0.39 is 5.25 Å². The van der Waals surface area contributed by atoms with E-state index >= 15 is 0 Å². The van der Waals surface area contributed by atoms with Gasteiger partial charge in [0.15, 0.2) is 5.82 Å². The second-order valence-corrected chi connectivity index (χ2v) is 8.76. The van der Waals surface area contributed by atoms with E-state index in [1.54, 1.807) is 0 Å². The minimum atomic E-state index is -0.399. The smallest absolute Gasteiger partial charge is 0.237 e. The fraction of sp³-hybridized carbons (Fsp3) is 0.318. The van der Waals surface area contributed by atoms with Crippen LogP contribution in [0.5, 0.6) is 5.75 Å². The fourth-order valence-corrected chi connectivity index (χ4v) is 3.76. The van der Waals surface area contributed by atoms with E-state index in [1.165, 1.54) is 16.4 Å². The molecule has 0 bridgehead atoms. The number of carbonyl (C=O) groups is 1. The maximum absolute atomic E-state index is 12.6. The average Bonchev–Trinajstić information content (AvgIpc) is 3.02. The highest BCUT2D eigenvalue weighted by Gasteiger charge is 2.20. The number of nitrogens with one attached hydrogen (secondary N) is 1. The van der Waals surface area contributed by atoms with E-state index in [-0.39, 0.29) is 12.5 Å². The number of thioether (sulfide) groups is 1. The Bertz CT molecular complexity index is 1040. The zero-order valence-electron chi connectivity index (χ0n) is 17.9. The molecule has 2 aromatic carbocycles. The number of nitrogen functional groups attached to an aromatic ring is 1. The third kappa shape index (κ3) is 5.33. The molecule has 0 radical (unpaired) electrons. The summed E-state index contributed by atoms with van der Waals surface area (Å²) >= 11 is 1.25. The lowest BCUT2D eigenvalue weighted by atomic mass is 10.1. The molecule has 0 unspecified atom stereocenters. The number of nitrogens with two attached hydrogens (primary N) is 1. The van der Waals surface area contributed by atoms with Crippen LogP contribution in [0.15, 0.2) is 41.6 Å². The van der Waals surface area contributed by atoms with Crippen LogP contribution in [0, 0.1) is 27.7 Å². The summed E-state index contributed by atoms with van der Waals surface area (Å²) in [5.41, 5.74) is 5.16. The largest absolute Gasteiger partial charge is 0.486 e. The molecule has 0 spiro atoms. The van der Waals surface area contributed by atoms with Gasteiger partial charge in [0, 0.05) is 5.69 Å². The number of aromatic nitrogens is 3. The van der Waals surface area contributed by atoms with Gasteiger partial charge in [-0.25, -0.2) is 4.68 Å². The van der Waals surface area contributed by atoms with Crippen molar-refractivity contribution in [3.63, 3.8) is 0 Å². The van der Waals surface area contributed by atoms with Crippen molar-refractivity contribution in [2.24, 2.45) is 0 Å². The lowest BCUT2D eigenvalue weighted by molar-refractivity contribution is -0.115. The van der Waals surface area contributed by atoms with Gasteiger partial charge in [0.05, 0.1) is 5.25 Å². The summed E-state index contributed by atoms with van der Waals surface area (Å²) in [6.45, 7) is 9.99. The summed E-state index contributed by atoms with van der Waals surface area (Å²) in [5, 5.41) is 11.3. The molecule has 0 saturated carbocycles. The number of carbonyl (C=O) groups excluding carboxylic acids is 1. The predicted octanol–water partition coefficient (Wildman–Crippen LogP) is 3.92. The van der Waals surface area contributed by atoms with E-state index in [1.807, 2.05) is 65.0 Å². The summed E-state index contributed by atoms with van der Waals surface area (Å²) in [7, 11) is 0. The topological polar surface area (TPSA) is 95.1 Å². The molecule has 1 aromatic heterocycles. The van der Waals surface area contributed by atoms with Crippen LogP contribution in [0.1, 0.15) is 35.0 Å². The monoisotopic (exact) mass is 425 g/mol. The molecule has 0 aliphatic heterocycles. The van der Waals surface area contributed by atoms with Gasteiger partial charge >= 0.3 is 0 Å². The molecule has 158 valence electrons. The average molecular weight is 426 g/mol. The van der Waals surface area contributed by atoms with Gasteiger partial charge in [-0.2, -0.15) is 0 Å². The van der Waals surface area contributed by atoms with Gasteiger partial charge in [0.25, 0.3) is 0 Å². The minimum absolute atomic E-state index is 0.121. The van der Waals surface area contributed by atoms with Gasteiger partial charge in [-0.3, -0.25) is 4.79 Å². The standard InChI is InChI=1S/C22H27N5O2S/c1-13-6-7-16(4)19(11-13)24-21(28)17(5)30-22-26-25-20(27(22)23)12-29-18-9-14(2)8-15(3)10-18/h6-11,17H,12,23H2,1-5H3,(H,24,28)/t17-/m1/s1. The van der Waals surface area contributed by atoms with Crippen LogP contribution in [0.2, 0.25) is 0 Å². The molecule has 30 heavy (non-hydrogen) atoms. The summed E-state index contributed by atoms with van der Waals surface area (Å²) in [5.74, 6) is 7.25. The number of hydrogen-bond donors (Lipinski definition) is 2. The van der Waals surface area contributed by atoms with Crippen molar-refractivity contribution >= 4 is 23.4 Å². The van der Waals surface area contributed by atoms with Gasteiger partial charge in [0.1, 0.15) is 12.4 Å². The van der Waals surface area contributed by atoms with Crippen molar-refractivity contribution in [2.75, 3.05) is 11.2 Å². The summed E-state index contributed by atoms with van der Waals surface area (Å²) in [6, 6.07) is 12.0. The zero-order valence-corrected chi connectivity index (χ0v) is 18.7. The SMILES string of the molecule is Cc1cc(C)cc(OCc2nnc(S[C@H](C)C(=O)Nc3cc(C)ccc3C)n2N)c1. The zero-order chi connectivity index (χ0) is 21.8. The summed E-state index contributed by atoms with van der Waals surface area (Å²) in [6.07, 6.45) is 0. The molecule has 3 rings (SSSR count). The van der Waals surface area contributed by atoms with Crippen LogP contribution >= 0.6 is 11.8 Å². The molecule has 0 aliphatic carbocycles. The van der Waals surface area contributed by atoms with Crippen LogP contribution < -0.4 is 15.9 Å². The summed E-state index contributed by atoms with van der Waals surface area (Å²) in [4.78, 5) is 12.6. The van der Waals surface area contributed by atoms with Gasteiger partial charge in [-0.1, -0.05) is 30.0 Å². The highest BCUT2D eigenvalue weighted by molar-refractivity contribution is 8.00. The summed E-state index contributed by atoms with van der Waals surface area (Å²) < 4.78 is 7.18. The van der Waals surface area contributed by atoms with Gasteiger partial charge < -0.3 is 15.9 Å². The van der Waals surface area contributed by atoms with Crippen LogP contribution in [-0.4, -0.2) is 26.0 Å². The van der Waals surface area contributed by atoms with Crippen LogP contribution in [0.25, 0.3) is 0 Å². The van der Waals surface area contributed by atoms with E-state index in [4.69, 9.17) is 10.6 Å². The van der Waals surface area contributed by atoms with Gasteiger partial charge in [-0.05, 0) is 75.1 Å². The number of nitrogens with zero attached hydrogens (tertiary/aromatic N) is 3. The maximum Gasteiger partial charge on any atom is 0.237 e. The Balaban J connectivity index is 1.62. The Morgan fingerprint density at radius 3 is 2.50 bits per heavy atom. The molecule has 8 heteroatoms. The Morgan fingerprint density at radius 2 is 1.80 bits per heavy atom. The molecule has 3 aromatic rings. The predicted molar refractivity (Wildman–Crippen MR) is 120 cm³/mol. The van der Waals surface area contributed by atoms with Gasteiger partial charge in [0.2, 0.25) is 11.1 Å². The second-order valence-electron chi connectivity index (χ2n) is 7.45. The number of ether oxygens (including phenoxy) is 1. The van der Waals surface area contributed by atoms with E-state index in [2.05, 4.69) is 21.6 Å². The Hall–Kier alpha value is -3.00. The highest BCUT2D eigenvalue weighted by Crippen LogP contribution is 2.24. The maximum atomic E-state index is 12.6. The van der Waals surface area contributed by atoms with E-state index in [0.29, 0.717) is 11.0 Å². The number of rotatable bonds is 7. The van der Waals surface area contributed by atoms with Crippen molar-refractivity contribution < 1.29 is 9.53 Å². The molecular weight excluding hydrogens is 398 g/mol. The number of amides is 1. The lowest BCUT2D eigenvalue weighted by Gasteiger charge is -2.13. The van der Waals surface area contributed by atoms with Crippen LogP contribution in [0.3, 0.4) is 0 Å². The number of aryl methyl sites for hydroxylation is 4. The molecule has 7 nitrogen and oxygen atoms in total. The Morgan fingerprint density at radius 1 is 1.10 bits per heavy atom. The first-order valence-electron chi connectivity index (χ1n) is 9.68. The van der Waals surface area contributed by atoms with Crippen molar-refractivity contribution in [3.8, 4) is 5.75 Å². The van der Waals surface area contributed by atoms with E-state index in [9.17, 15) is 4.79 Å². The Labute approximate surface area is 181 Å². The van der Waals surface area contributed by atoms with Crippen molar-refractivity contribution in [2.45, 2.75) is 51.6 Å². The molecule has 0 saturated heterocycles. The number of hydrogen-bond acceptors (Lipinski definition) is 6. The van der Waals surface area contributed by atoms with Crippen LogP contribution in [-0.2, 0) is 11.4 Å². The van der Waals surface area contributed by atoms with Crippen molar-refractivity contribution in [1.82, 2.24) is 14.9 Å². The molecule has 3 N–H and O–H groups in total.